The van der Waals surface area contributed by atoms with Crippen LogP contribution in [0.5, 0.6) is 5.75 Å². The van der Waals surface area contributed by atoms with Crippen molar-refractivity contribution in [3.05, 3.63) is 42.2 Å². The van der Waals surface area contributed by atoms with Gasteiger partial charge in [-0.25, -0.2) is 4.98 Å². The van der Waals surface area contributed by atoms with E-state index in [4.69, 9.17) is 4.74 Å². The summed E-state index contributed by atoms with van der Waals surface area (Å²) in [5.74, 6) is 1.13. The Bertz CT molecular complexity index is 511. The Hall–Kier alpha value is -2.37. The molecular weight excluding hydrogens is 232 g/mol. The van der Waals surface area contributed by atoms with Crippen LogP contribution in [-0.4, -0.2) is 34.5 Å². The third-order valence-corrected chi connectivity index (χ3v) is 2.45. The zero-order chi connectivity index (χ0) is 12.8. The molecule has 0 radical (unpaired) electrons. The van der Waals surface area contributed by atoms with Crippen molar-refractivity contribution in [3.63, 3.8) is 0 Å². The van der Waals surface area contributed by atoms with Gasteiger partial charge in [0, 0.05) is 31.6 Å². The van der Waals surface area contributed by atoms with E-state index in [2.05, 4.69) is 20.3 Å². The molecule has 0 bridgehead atoms. The number of pyridine rings is 1. The minimum Gasteiger partial charge on any atom is -0.494 e. The zero-order valence-corrected chi connectivity index (χ0v) is 10.0. The molecule has 2 aromatic rings. The predicted molar refractivity (Wildman–Crippen MR) is 65.4 cm³/mol. The number of carbonyl (C=O) groups is 1. The summed E-state index contributed by atoms with van der Waals surface area (Å²) in [4.78, 5) is 22.9. The largest absolute Gasteiger partial charge is 0.494 e. The standard InChI is InChI=1S/C12H14N4O2/c1-18-10-8-13-4-2-9(10)12(17)16-5-3-11-14-6-7-15-11/h2,4,6-8H,3,5H2,1H3,(H,14,15)(H,16,17). The van der Waals surface area contributed by atoms with Gasteiger partial charge >= 0.3 is 0 Å². The van der Waals surface area contributed by atoms with Crippen LogP contribution in [0.2, 0.25) is 0 Å². The number of hydrogen-bond acceptors (Lipinski definition) is 4. The predicted octanol–water partition coefficient (Wildman–Crippen LogP) is 0.786. The van der Waals surface area contributed by atoms with Gasteiger partial charge in [0.1, 0.15) is 11.6 Å². The maximum absolute atomic E-state index is 11.9. The van der Waals surface area contributed by atoms with Crippen LogP contribution < -0.4 is 10.1 Å². The first kappa shape index (κ1) is 12.1. The Balaban J connectivity index is 1.91. The Labute approximate surface area is 104 Å². The van der Waals surface area contributed by atoms with E-state index in [-0.39, 0.29) is 5.91 Å². The van der Waals surface area contributed by atoms with Crippen LogP contribution in [0, 0.1) is 0 Å². The summed E-state index contributed by atoms with van der Waals surface area (Å²) in [5, 5.41) is 2.81. The lowest BCUT2D eigenvalue weighted by molar-refractivity contribution is 0.0951. The second-order valence-corrected chi connectivity index (χ2v) is 3.62. The number of aromatic amines is 1. The van der Waals surface area contributed by atoms with E-state index in [0.717, 1.165) is 5.82 Å². The van der Waals surface area contributed by atoms with Crippen LogP contribution in [0.4, 0.5) is 0 Å². The molecule has 94 valence electrons. The molecular formula is C12H14N4O2. The second-order valence-electron chi connectivity index (χ2n) is 3.62. The lowest BCUT2D eigenvalue weighted by atomic mass is 10.2. The van der Waals surface area contributed by atoms with Crippen LogP contribution in [0.1, 0.15) is 16.2 Å². The Morgan fingerprint density at radius 3 is 3.11 bits per heavy atom. The molecule has 0 atom stereocenters. The fourth-order valence-electron chi connectivity index (χ4n) is 1.55. The summed E-state index contributed by atoms with van der Waals surface area (Å²) in [6.07, 6.45) is 7.17. The number of nitrogens with zero attached hydrogens (tertiary/aromatic N) is 2. The van der Waals surface area contributed by atoms with Gasteiger partial charge in [0.25, 0.3) is 5.91 Å². The van der Waals surface area contributed by atoms with Crippen LogP contribution >= 0.6 is 0 Å². The number of hydrogen-bond donors (Lipinski definition) is 2. The highest BCUT2D eigenvalue weighted by molar-refractivity contribution is 5.96. The lowest BCUT2D eigenvalue weighted by Gasteiger charge is -2.07. The number of H-pyrrole nitrogens is 1. The van der Waals surface area contributed by atoms with Gasteiger partial charge in [-0.1, -0.05) is 0 Å². The highest BCUT2D eigenvalue weighted by Gasteiger charge is 2.11. The molecule has 2 heterocycles. The zero-order valence-electron chi connectivity index (χ0n) is 10.0. The van der Waals surface area contributed by atoms with Gasteiger partial charge < -0.3 is 15.0 Å². The molecule has 6 heteroatoms. The van der Waals surface area contributed by atoms with Crippen molar-refractivity contribution in [2.75, 3.05) is 13.7 Å². The molecule has 6 nitrogen and oxygen atoms in total. The average molecular weight is 246 g/mol. The fourth-order valence-corrected chi connectivity index (χ4v) is 1.55. The topological polar surface area (TPSA) is 79.9 Å². The third-order valence-electron chi connectivity index (χ3n) is 2.45. The van der Waals surface area contributed by atoms with Crippen molar-refractivity contribution in [2.24, 2.45) is 0 Å². The molecule has 2 N–H and O–H groups in total. The summed E-state index contributed by atoms with van der Waals surface area (Å²) in [5.41, 5.74) is 0.479. The SMILES string of the molecule is COc1cnccc1C(=O)NCCc1ncc[nH]1. The van der Waals surface area contributed by atoms with Crippen molar-refractivity contribution in [1.29, 1.82) is 0 Å². The van der Waals surface area contributed by atoms with Crippen molar-refractivity contribution in [3.8, 4) is 5.75 Å². The van der Waals surface area contributed by atoms with E-state index < -0.39 is 0 Å². The number of rotatable bonds is 5. The summed E-state index contributed by atoms with van der Waals surface area (Å²) < 4.78 is 5.08. The quantitative estimate of drug-likeness (QED) is 0.817. The van der Waals surface area contributed by atoms with E-state index in [1.807, 2.05) is 0 Å². The molecule has 2 aromatic heterocycles. The van der Waals surface area contributed by atoms with Gasteiger partial charge in [-0.3, -0.25) is 9.78 Å². The molecule has 0 fully saturated rings. The van der Waals surface area contributed by atoms with Gasteiger partial charge in [0.15, 0.2) is 0 Å². The first-order valence-corrected chi connectivity index (χ1v) is 5.55. The molecule has 0 saturated heterocycles. The van der Waals surface area contributed by atoms with Gasteiger partial charge in [0.05, 0.1) is 18.9 Å². The number of nitrogens with one attached hydrogen (secondary N) is 2. The first-order valence-electron chi connectivity index (χ1n) is 5.55. The summed E-state index contributed by atoms with van der Waals surface area (Å²) >= 11 is 0. The molecule has 0 spiro atoms. The summed E-state index contributed by atoms with van der Waals surface area (Å²) in [6, 6.07) is 1.63. The lowest BCUT2D eigenvalue weighted by Crippen LogP contribution is -2.26. The normalized spacial score (nSPS) is 10.1. The summed E-state index contributed by atoms with van der Waals surface area (Å²) in [7, 11) is 1.51. The molecule has 18 heavy (non-hydrogen) atoms. The maximum atomic E-state index is 11.9. The van der Waals surface area contributed by atoms with Crippen LogP contribution in [0.25, 0.3) is 0 Å². The van der Waals surface area contributed by atoms with E-state index in [1.165, 1.54) is 13.3 Å². The van der Waals surface area contributed by atoms with E-state index in [0.29, 0.717) is 24.3 Å². The summed E-state index contributed by atoms with van der Waals surface area (Å²) in [6.45, 7) is 0.512. The van der Waals surface area contributed by atoms with Gasteiger partial charge in [-0.05, 0) is 6.07 Å². The number of methoxy groups -OCH3 is 1. The molecule has 0 aliphatic heterocycles. The monoisotopic (exact) mass is 246 g/mol. The molecule has 1 amide bonds. The van der Waals surface area contributed by atoms with Crippen LogP contribution in [0.15, 0.2) is 30.9 Å². The van der Waals surface area contributed by atoms with Crippen molar-refractivity contribution in [2.45, 2.75) is 6.42 Å². The highest BCUT2D eigenvalue weighted by Crippen LogP contribution is 2.14. The van der Waals surface area contributed by atoms with Gasteiger partial charge in [-0.15, -0.1) is 0 Å². The molecule has 0 unspecified atom stereocenters. The maximum Gasteiger partial charge on any atom is 0.255 e. The van der Waals surface area contributed by atoms with Crippen molar-refractivity contribution >= 4 is 5.91 Å². The average Bonchev–Trinajstić information content (AvgIpc) is 2.91. The number of imidazole rings is 1. The van der Waals surface area contributed by atoms with Gasteiger partial charge in [0.2, 0.25) is 0 Å². The first-order chi connectivity index (χ1) is 8.81. The number of carbonyl (C=O) groups excluding carboxylic acids is 1. The van der Waals surface area contributed by atoms with E-state index >= 15 is 0 Å². The minimum absolute atomic E-state index is 0.180. The van der Waals surface area contributed by atoms with E-state index in [9.17, 15) is 4.79 Å². The van der Waals surface area contributed by atoms with Gasteiger partial charge in [-0.2, -0.15) is 0 Å². The Kier molecular flexibility index (Phi) is 3.90. The number of amides is 1. The second kappa shape index (κ2) is 5.81. The highest BCUT2D eigenvalue weighted by atomic mass is 16.5. The van der Waals surface area contributed by atoms with Crippen molar-refractivity contribution in [1.82, 2.24) is 20.3 Å². The minimum atomic E-state index is -0.180. The van der Waals surface area contributed by atoms with Crippen LogP contribution in [0.3, 0.4) is 0 Å². The van der Waals surface area contributed by atoms with E-state index in [1.54, 1.807) is 24.7 Å². The number of ether oxygens (including phenoxy) is 1. The smallest absolute Gasteiger partial charge is 0.255 e. The molecule has 2 rings (SSSR count). The Morgan fingerprint density at radius 2 is 2.39 bits per heavy atom. The molecule has 0 aliphatic rings. The molecule has 0 aromatic carbocycles. The fraction of sp³-hybridized carbons (Fsp3) is 0.250. The van der Waals surface area contributed by atoms with Crippen LogP contribution in [-0.2, 0) is 6.42 Å². The van der Waals surface area contributed by atoms with Crippen molar-refractivity contribution < 1.29 is 9.53 Å². The molecule has 0 saturated carbocycles. The molecule has 0 aliphatic carbocycles. The number of aromatic nitrogens is 3. The third kappa shape index (κ3) is 2.85. The Morgan fingerprint density at radius 1 is 1.50 bits per heavy atom.